The van der Waals surface area contributed by atoms with Crippen LogP contribution in [0.15, 0.2) is 34.9 Å². The topological polar surface area (TPSA) is 29.9 Å². The van der Waals surface area contributed by atoms with E-state index in [1.165, 1.54) is 17.5 Å². The summed E-state index contributed by atoms with van der Waals surface area (Å²) in [5, 5.41) is 8.07. The molecule has 19 heavy (non-hydrogen) atoms. The van der Waals surface area contributed by atoms with Crippen molar-refractivity contribution in [3.05, 3.63) is 40.6 Å². The van der Waals surface area contributed by atoms with E-state index in [0.29, 0.717) is 5.92 Å². The maximum absolute atomic E-state index is 4.66. The standard InChI is InChI=1S/C15H18BrN3/c1-11-14(13-4-2-3-5-15(13)16)10-19(18-11)9-12-6-7-17-8-12/h2-5,10,12,17H,6-9H2,1H3. The van der Waals surface area contributed by atoms with Crippen LogP contribution in [-0.2, 0) is 6.54 Å². The molecule has 1 fully saturated rings. The molecule has 1 unspecified atom stereocenters. The van der Waals surface area contributed by atoms with E-state index >= 15 is 0 Å². The molecule has 100 valence electrons. The van der Waals surface area contributed by atoms with Gasteiger partial charge in [-0.3, -0.25) is 4.68 Å². The average molecular weight is 320 g/mol. The van der Waals surface area contributed by atoms with Crippen LogP contribution in [-0.4, -0.2) is 22.9 Å². The fourth-order valence-corrected chi connectivity index (χ4v) is 3.19. The summed E-state index contributed by atoms with van der Waals surface area (Å²) in [6, 6.07) is 8.32. The number of aromatic nitrogens is 2. The molecule has 2 aromatic rings. The van der Waals surface area contributed by atoms with Crippen molar-refractivity contribution in [3.8, 4) is 11.1 Å². The molecule has 4 heteroatoms. The van der Waals surface area contributed by atoms with Crippen LogP contribution in [0.3, 0.4) is 0 Å². The van der Waals surface area contributed by atoms with Gasteiger partial charge in [0, 0.05) is 22.8 Å². The zero-order chi connectivity index (χ0) is 13.2. The van der Waals surface area contributed by atoms with Crippen molar-refractivity contribution >= 4 is 15.9 Å². The Morgan fingerprint density at radius 1 is 1.37 bits per heavy atom. The number of nitrogens with zero attached hydrogens (tertiary/aromatic N) is 2. The van der Waals surface area contributed by atoms with Crippen LogP contribution in [0, 0.1) is 12.8 Å². The minimum Gasteiger partial charge on any atom is -0.316 e. The molecule has 1 N–H and O–H groups in total. The van der Waals surface area contributed by atoms with E-state index in [-0.39, 0.29) is 0 Å². The normalized spacial score (nSPS) is 18.9. The van der Waals surface area contributed by atoms with Crippen molar-refractivity contribution in [3.63, 3.8) is 0 Å². The maximum atomic E-state index is 4.66. The van der Waals surface area contributed by atoms with Gasteiger partial charge >= 0.3 is 0 Å². The molecule has 1 aliphatic rings. The highest BCUT2D eigenvalue weighted by atomic mass is 79.9. The first-order valence-corrected chi connectivity index (χ1v) is 7.53. The molecule has 2 heterocycles. The number of halogens is 1. The Hall–Kier alpha value is -1.13. The summed E-state index contributed by atoms with van der Waals surface area (Å²) >= 11 is 3.62. The number of aryl methyl sites for hydroxylation is 1. The van der Waals surface area contributed by atoms with Crippen molar-refractivity contribution in [2.24, 2.45) is 5.92 Å². The van der Waals surface area contributed by atoms with Crippen LogP contribution >= 0.6 is 15.9 Å². The SMILES string of the molecule is Cc1nn(CC2CCNC2)cc1-c1ccccc1Br. The second-order valence-electron chi connectivity index (χ2n) is 5.19. The van der Waals surface area contributed by atoms with Crippen LogP contribution in [0.1, 0.15) is 12.1 Å². The molecule has 1 aromatic heterocycles. The van der Waals surface area contributed by atoms with Crippen molar-refractivity contribution < 1.29 is 0 Å². The van der Waals surface area contributed by atoms with Gasteiger partial charge in [-0.1, -0.05) is 34.1 Å². The minimum absolute atomic E-state index is 0.714. The lowest BCUT2D eigenvalue weighted by atomic mass is 10.1. The lowest BCUT2D eigenvalue weighted by Crippen LogP contribution is -2.14. The molecule has 0 saturated carbocycles. The Morgan fingerprint density at radius 3 is 2.95 bits per heavy atom. The van der Waals surface area contributed by atoms with Crippen LogP contribution in [0.25, 0.3) is 11.1 Å². The van der Waals surface area contributed by atoms with Gasteiger partial charge in [0.1, 0.15) is 0 Å². The first-order valence-electron chi connectivity index (χ1n) is 6.73. The van der Waals surface area contributed by atoms with Crippen LogP contribution in [0.2, 0.25) is 0 Å². The van der Waals surface area contributed by atoms with Crippen molar-refractivity contribution in [1.82, 2.24) is 15.1 Å². The largest absolute Gasteiger partial charge is 0.316 e. The first kappa shape index (κ1) is 12.9. The molecular formula is C15H18BrN3. The summed E-state index contributed by atoms with van der Waals surface area (Å²) in [6.07, 6.45) is 3.43. The fourth-order valence-electron chi connectivity index (χ4n) is 2.69. The smallest absolute Gasteiger partial charge is 0.0672 e. The number of hydrogen-bond donors (Lipinski definition) is 1. The predicted octanol–water partition coefficient (Wildman–Crippen LogP) is 3.23. The summed E-state index contributed by atoms with van der Waals surface area (Å²) in [4.78, 5) is 0. The third kappa shape index (κ3) is 2.74. The van der Waals surface area contributed by atoms with Crippen LogP contribution < -0.4 is 5.32 Å². The minimum atomic E-state index is 0.714. The van der Waals surface area contributed by atoms with E-state index in [9.17, 15) is 0 Å². The second-order valence-corrected chi connectivity index (χ2v) is 6.04. The number of benzene rings is 1. The Balaban J connectivity index is 1.87. The third-order valence-electron chi connectivity index (χ3n) is 3.72. The lowest BCUT2D eigenvalue weighted by Gasteiger charge is -2.07. The molecule has 3 nitrogen and oxygen atoms in total. The summed E-state index contributed by atoms with van der Waals surface area (Å²) in [6.45, 7) is 5.35. The van der Waals surface area contributed by atoms with E-state index in [0.717, 1.165) is 29.8 Å². The first-order chi connectivity index (χ1) is 9.24. The Kier molecular flexibility index (Phi) is 3.71. The molecule has 0 radical (unpaired) electrons. The zero-order valence-corrected chi connectivity index (χ0v) is 12.7. The molecule has 0 aliphatic carbocycles. The van der Waals surface area contributed by atoms with Crippen molar-refractivity contribution in [2.45, 2.75) is 19.9 Å². The monoisotopic (exact) mass is 319 g/mol. The number of rotatable bonds is 3. The lowest BCUT2D eigenvalue weighted by molar-refractivity contribution is 0.448. The number of hydrogen-bond acceptors (Lipinski definition) is 2. The Morgan fingerprint density at radius 2 is 2.21 bits per heavy atom. The van der Waals surface area contributed by atoms with E-state index in [1.54, 1.807) is 0 Å². The molecule has 0 bridgehead atoms. The van der Waals surface area contributed by atoms with Gasteiger partial charge in [-0.25, -0.2) is 0 Å². The Labute approximate surface area is 122 Å². The molecule has 0 spiro atoms. The van der Waals surface area contributed by atoms with Gasteiger partial charge in [-0.05, 0) is 44.0 Å². The van der Waals surface area contributed by atoms with Gasteiger partial charge in [-0.15, -0.1) is 0 Å². The molecule has 3 rings (SSSR count). The molecule has 1 aromatic carbocycles. The van der Waals surface area contributed by atoms with E-state index in [1.807, 2.05) is 6.07 Å². The van der Waals surface area contributed by atoms with E-state index < -0.39 is 0 Å². The quantitative estimate of drug-likeness (QED) is 0.941. The zero-order valence-electron chi connectivity index (χ0n) is 11.1. The predicted molar refractivity (Wildman–Crippen MR) is 81.1 cm³/mol. The third-order valence-corrected chi connectivity index (χ3v) is 4.41. The average Bonchev–Trinajstić information content (AvgIpc) is 3.01. The molecule has 0 amide bonds. The van der Waals surface area contributed by atoms with Gasteiger partial charge < -0.3 is 5.32 Å². The highest BCUT2D eigenvalue weighted by Crippen LogP contribution is 2.30. The summed E-state index contributed by atoms with van der Waals surface area (Å²) < 4.78 is 3.22. The van der Waals surface area contributed by atoms with E-state index in [2.05, 4.69) is 62.3 Å². The Bertz CT molecular complexity index is 571. The van der Waals surface area contributed by atoms with Crippen LogP contribution in [0.4, 0.5) is 0 Å². The molecule has 1 saturated heterocycles. The van der Waals surface area contributed by atoms with Gasteiger partial charge in [0.15, 0.2) is 0 Å². The maximum Gasteiger partial charge on any atom is 0.0672 e. The molecule has 1 atom stereocenters. The molecule has 1 aliphatic heterocycles. The highest BCUT2D eigenvalue weighted by Gasteiger charge is 2.17. The summed E-state index contributed by atoms with van der Waals surface area (Å²) in [7, 11) is 0. The summed E-state index contributed by atoms with van der Waals surface area (Å²) in [5.74, 6) is 0.714. The fraction of sp³-hybridized carbons (Fsp3) is 0.400. The van der Waals surface area contributed by atoms with Gasteiger partial charge in [0.05, 0.1) is 5.69 Å². The van der Waals surface area contributed by atoms with Crippen LogP contribution in [0.5, 0.6) is 0 Å². The van der Waals surface area contributed by atoms with Gasteiger partial charge in [-0.2, -0.15) is 5.10 Å². The van der Waals surface area contributed by atoms with Crippen molar-refractivity contribution in [2.75, 3.05) is 13.1 Å². The van der Waals surface area contributed by atoms with E-state index in [4.69, 9.17) is 0 Å². The second kappa shape index (κ2) is 5.47. The van der Waals surface area contributed by atoms with Crippen molar-refractivity contribution in [1.29, 1.82) is 0 Å². The number of nitrogens with one attached hydrogen (secondary N) is 1. The van der Waals surface area contributed by atoms with Gasteiger partial charge in [0.25, 0.3) is 0 Å². The van der Waals surface area contributed by atoms with Gasteiger partial charge in [0.2, 0.25) is 0 Å². The molecular weight excluding hydrogens is 302 g/mol. The highest BCUT2D eigenvalue weighted by molar-refractivity contribution is 9.10. The summed E-state index contributed by atoms with van der Waals surface area (Å²) in [5.41, 5.74) is 3.53.